The molecule has 6 nitrogen and oxygen atoms in total. The molecule has 0 heterocycles. The van der Waals surface area contributed by atoms with Crippen molar-refractivity contribution in [2.24, 2.45) is 0 Å². The zero-order valence-corrected chi connectivity index (χ0v) is 24.4. The number of hydrogen-bond acceptors (Lipinski definition) is 6. The average molecular weight is 571 g/mol. The maximum atomic E-state index is 13.1. The van der Waals surface area contributed by atoms with E-state index < -0.39 is 33.6 Å². The van der Waals surface area contributed by atoms with Crippen LogP contribution in [0.25, 0.3) is 0 Å². The van der Waals surface area contributed by atoms with Crippen LogP contribution in [0.3, 0.4) is 0 Å². The first-order valence-corrected chi connectivity index (χ1v) is 14.3. The highest BCUT2D eigenvalue weighted by molar-refractivity contribution is 5.50. The predicted molar refractivity (Wildman–Crippen MR) is 165 cm³/mol. The molecule has 3 aromatic rings. The minimum atomic E-state index is -2.72. The Labute approximate surface area is 248 Å². The van der Waals surface area contributed by atoms with Crippen LogP contribution < -0.4 is 0 Å². The molecule has 6 N–H and O–H groups in total. The van der Waals surface area contributed by atoms with Crippen LogP contribution in [0, 0.1) is 0 Å². The zero-order valence-electron chi connectivity index (χ0n) is 24.4. The van der Waals surface area contributed by atoms with Crippen LogP contribution in [0.1, 0.15) is 37.5 Å². The monoisotopic (exact) mass is 570 g/mol. The van der Waals surface area contributed by atoms with Gasteiger partial charge in [-0.05, 0) is 37.5 Å². The van der Waals surface area contributed by atoms with E-state index in [0.717, 1.165) is 0 Å². The van der Waals surface area contributed by atoms with Gasteiger partial charge in [-0.25, -0.2) is 0 Å². The van der Waals surface area contributed by atoms with Gasteiger partial charge in [-0.3, -0.25) is 0 Å². The number of hydrogen-bond donors (Lipinski definition) is 6. The van der Waals surface area contributed by atoms with E-state index in [9.17, 15) is 30.6 Å². The van der Waals surface area contributed by atoms with Crippen LogP contribution in [0.5, 0.6) is 0 Å². The van der Waals surface area contributed by atoms with E-state index in [1.54, 1.807) is 112 Å². The number of rotatable bonds is 9. The van der Waals surface area contributed by atoms with E-state index in [0.29, 0.717) is 16.7 Å². The molecule has 0 spiro atoms. The molecular weight excluding hydrogens is 528 g/mol. The van der Waals surface area contributed by atoms with Crippen molar-refractivity contribution in [1.82, 2.24) is 0 Å². The first-order valence-electron chi connectivity index (χ1n) is 14.3. The summed E-state index contributed by atoms with van der Waals surface area (Å²) in [5, 5.41) is 77.6. The second-order valence-corrected chi connectivity index (χ2v) is 11.4. The van der Waals surface area contributed by atoms with Crippen molar-refractivity contribution in [3.05, 3.63) is 144 Å². The maximum Gasteiger partial charge on any atom is 0.150 e. The van der Waals surface area contributed by atoms with Crippen LogP contribution in [0.2, 0.25) is 0 Å². The fraction of sp³-hybridized carbons (Fsp3) is 0.333. The molecular formula is C36H42O6. The van der Waals surface area contributed by atoms with E-state index in [1.165, 1.54) is 36.5 Å². The third-order valence-electron chi connectivity index (χ3n) is 8.92. The quantitative estimate of drug-likeness (QED) is 0.218. The second-order valence-electron chi connectivity index (χ2n) is 11.4. The minimum Gasteiger partial charge on any atom is -0.383 e. The highest BCUT2D eigenvalue weighted by Gasteiger charge is 2.86. The normalized spacial score (nSPS) is 35.4. The Bertz CT molecular complexity index is 1420. The fourth-order valence-corrected chi connectivity index (χ4v) is 6.93. The summed E-state index contributed by atoms with van der Waals surface area (Å²) in [6.45, 7) is 4.82. The van der Waals surface area contributed by atoms with Crippen molar-refractivity contribution < 1.29 is 30.6 Å². The first-order chi connectivity index (χ1) is 19.9. The smallest absolute Gasteiger partial charge is 0.150 e. The lowest BCUT2D eigenvalue weighted by Gasteiger charge is -2.71. The van der Waals surface area contributed by atoms with Gasteiger partial charge in [-0.1, -0.05) is 127 Å². The van der Waals surface area contributed by atoms with Crippen LogP contribution >= 0.6 is 0 Å². The fourth-order valence-electron chi connectivity index (χ4n) is 6.93. The summed E-state index contributed by atoms with van der Waals surface area (Å²) in [5.41, 5.74) is -14.6. The first kappa shape index (κ1) is 31.6. The number of allylic oxidation sites excluding steroid dienone is 3. The summed E-state index contributed by atoms with van der Waals surface area (Å²) >= 11 is 0. The molecule has 1 fully saturated rings. The Kier molecular flexibility index (Phi) is 8.82. The summed E-state index contributed by atoms with van der Waals surface area (Å²) in [4.78, 5) is 0. The predicted octanol–water partition coefficient (Wildman–Crippen LogP) is 3.84. The summed E-state index contributed by atoms with van der Waals surface area (Å²) in [6.07, 6.45) is 6.86. The molecule has 0 aliphatic heterocycles. The van der Waals surface area contributed by atoms with Crippen molar-refractivity contribution in [3.8, 4) is 0 Å². The van der Waals surface area contributed by atoms with E-state index in [1.807, 2.05) is 0 Å². The zero-order chi connectivity index (χ0) is 30.7. The van der Waals surface area contributed by atoms with Crippen molar-refractivity contribution in [3.63, 3.8) is 0 Å². The van der Waals surface area contributed by atoms with Crippen LogP contribution in [-0.4, -0.2) is 64.2 Å². The van der Waals surface area contributed by atoms with Gasteiger partial charge in [0.15, 0.2) is 0 Å². The van der Waals surface area contributed by atoms with Gasteiger partial charge in [0.1, 0.15) is 33.6 Å². The molecule has 0 amide bonds. The Balaban J connectivity index is 2.19. The number of benzene rings is 3. The van der Waals surface area contributed by atoms with E-state index >= 15 is 0 Å². The Morgan fingerprint density at radius 2 is 0.667 bits per heavy atom. The highest BCUT2D eigenvalue weighted by atomic mass is 16.5. The third-order valence-corrected chi connectivity index (χ3v) is 8.92. The topological polar surface area (TPSA) is 121 Å². The largest absolute Gasteiger partial charge is 0.383 e. The molecule has 0 unspecified atom stereocenters. The maximum absolute atomic E-state index is 13.1. The third kappa shape index (κ3) is 4.51. The molecule has 3 aromatic carbocycles. The van der Waals surface area contributed by atoms with Gasteiger partial charge < -0.3 is 30.6 Å². The van der Waals surface area contributed by atoms with Crippen molar-refractivity contribution in [2.75, 3.05) is 0 Å². The number of aliphatic hydroxyl groups is 6. The molecule has 0 radical (unpaired) electrons. The van der Waals surface area contributed by atoms with Crippen molar-refractivity contribution in [2.45, 2.75) is 73.6 Å². The SMILES string of the molecule is CC=C[C@@]1(O)[C@](O)(C=CC)[C@@](O)(Cc2ccccc2)[C@@](O)(Cc2ccccc2)[C@@](O)(C=CC)[C@]1(O)Cc1ccccc1. The summed E-state index contributed by atoms with van der Waals surface area (Å²) in [5.74, 6) is 0. The van der Waals surface area contributed by atoms with Crippen LogP contribution in [0.4, 0.5) is 0 Å². The Morgan fingerprint density at radius 1 is 0.405 bits per heavy atom. The molecule has 6 heteroatoms. The molecule has 0 aromatic heterocycles. The molecule has 4 rings (SSSR count). The van der Waals surface area contributed by atoms with Crippen LogP contribution in [-0.2, 0) is 19.3 Å². The Hall–Kier alpha value is -3.36. The molecule has 42 heavy (non-hydrogen) atoms. The van der Waals surface area contributed by atoms with Gasteiger partial charge in [0, 0.05) is 19.3 Å². The molecule has 6 atom stereocenters. The summed E-state index contributed by atoms with van der Waals surface area (Å²) < 4.78 is 0. The lowest BCUT2D eigenvalue weighted by atomic mass is 9.41. The molecule has 1 aliphatic carbocycles. The summed E-state index contributed by atoms with van der Waals surface area (Å²) in [7, 11) is 0. The van der Waals surface area contributed by atoms with Gasteiger partial charge in [0.05, 0.1) is 0 Å². The van der Waals surface area contributed by atoms with Crippen LogP contribution in [0.15, 0.2) is 127 Å². The van der Waals surface area contributed by atoms with Gasteiger partial charge >= 0.3 is 0 Å². The van der Waals surface area contributed by atoms with Gasteiger partial charge in [-0.15, -0.1) is 0 Å². The van der Waals surface area contributed by atoms with Gasteiger partial charge in [-0.2, -0.15) is 0 Å². The lowest BCUT2D eigenvalue weighted by Crippen LogP contribution is -2.95. The molecule has 0 bridgehead atoms. The van der Waals surface area contributed by atoms with Gasteiger partial charge in [0.2, 0.25) is 0 Å². The van der Waals surface area contributed by atoms with E-state index in [4.69, 9.17) is 0 Å². The van der Waals surface area contributed by atoms with E-state index in [2.05, 4.69) is 0 Å². The molecule has 1 aliphatic rings. The highest BCUT2D eigenvalue weighted by Crippen LogP contribution is 2.62. The standard InChI is InChI=1S/C36H42O6/c1-4-22-31(37)32(38,23-5-2)35(41,26-29-18-12-8-13-19-29)36(42,27-30-20-14-9-15-21-30)33(39,24-6-3)34(31,40)25-28-16-10-7-11-17-28/h4-24,37-42H,25-27H2,1-3H3/t31-,32-,33-,34+,35+,36-/m1/s1. The van der Waals surface area contributed by atoms with E-state index in [-0.39, 0.29) is 19.3 Å². The van der Waals surface area contributed by atoms with Gasteiger partial charge in [0.25, 0.3) is 0 Å². The molecule has 0 saturated heterocycles. The van der Waals surface area contributed by atoms with Crippen molar-refractivity contribution in [1.29, 1.82) is 0 Å². The Morgan fingerprint density at radius 3 is 1.00 bits per heavy atom. The lowest BCUT2D eigenvalue weighted by molar-refractivity contribution is -0.405. The minimum absolute atomic E-state index is 0.374. The average Bonchev–Trinajstić information content (AvgIpc) is 2.98. The second kappa shape index (κ2) is 11.7. The molecule has 222 valence electrons. The van der Waals surface area contributed by atoms with Crippen molar-refractivity contribution >= 4 is 0 Å². The molecule has 1 saturated carbocycles. The summed E-state index contributed by atoms with van der Waals surface area (Å²) in [6, 6.07) is 26.3.